The highest BCUT2D eigenvalue weighted by molar-refractivity contribution is 6.37. The molecular weight excluding hydrogens is 301 g/mol. The van der Waals surface area contributed by atoms with E-state index in [1.165, 1.54) is 12.1 Å². The molecule has 0 saturated carbocycles. The van der Waals surface area contributed by atoms with E-state index in [4.69, 9.17) is 34.8 Å². The van der Waals surface area contributed by atoms with Gasteiger partial charge in [-0.05, 0) is 18.2 Å². The Morgan fingerprint density at radius 3 is 2.22 bits per heavy atom. The molecule has 2 aromatic rings. The van der Waals surface area contributed by atoms with Gasteiger partial charge in [0.25, 0.3) is 0 Å². The Kier molecular flexibility index (Phi) is 3.80. The first kappa shape index (κ1) is 13.2. The number of aromatic nitrogens is 2. The van der Waals surface area contributed by atoms with Crippen molar-refractivity contribution in [3.05, 3.63) is 44.9 Å². The lowest BCUT2D eigenvalue weighted by Crippen LogP contribution is -1.96. The third kappa shape index (κ3) is 2.46. The van der Waals surface area contributed by atoms with E-state index in [-0.39, 0.29) is 26.7 Å². The highest BCUT2D eigenvalue weighted by Crippen LogP contribution is 2.26. The van der Waals surface area contributed by atoms with Crippen LogP contribution in [0, 0.1) is 5.82 Å². The van der Waals surface area contributed by atoms with E-state index in [1.54, 1.807) is 0 Å². The summed E-state index contributed by atoms with van der Waals surface area (Å²) in [4.78, 5) is 18.4. The molecule has 1 aromatic heterocycles. The maximum Gasteiger partial charge on any atom is 0.162 e. The van der Waals surface area contributed by atoms with Gasteiger partial charge in [0, 0.05) is 5.56 Å². The van der Waals surface area contributed by atoms with Crippen molar-refractivity contribution < 1.29 is 9.18 Å². The molecule has 3 nitrogen and oxygen atoms in total. The van der Waals surface area contributed by atoms with Gasteiger partial charge in [0.05, 0.1) is 10.6 Å². The number of benzene rings is 1. The maximum atomic E-state index is 13.3. The summed E-state index contributed by atoms with van der Waals surface area (Å²) >= 11 is 17.1. The van der Waals surface area contributed by atoms with Crippen LogP contribution in [0.2, 0.25) is 15.3 Å². The van der Waals surface area contributed by atoms with Crippen LogP contribution in [0.3, 0.4) is 0 Å². The fourth-order valence-electron chi connectivity index (χ4n) is 1.28. The van der Waals surface area contributed by atoms with Gasteiger partial charge >= 0.3 is 0 Å². The van der Waals surface area contributed by atoms with Crippen molar-refractivity contribution in [1.82, 2.24) is 9.97 Å². The van der Waals surface area contributed by atoms with Gasteiger partial charge in [-0.2, -0.15) is 0 Å². The Hall–Kier alpha value is -1.23. The van der Waals surface area contributed by atoms with Gasteiger partial charge in [0.1, 0.15) is 16.1 Å². The Morgan fingerprint density at radius 2 is 1.72 bits per heavy atom. The molecule has 1 heterocycles. The molecule has 0 bridgehead atoms. The molecule has 1 aromatic carbocycles. The first-order valence-corrected chi connectivity index (χ1v) is 5.80. The normalized spacial score (nSPS) is 10.4. The van der Waals surface area contributed by atoms with Gasteiger partial charge in [0.15, 0.2) is 12.1 Å². The Balaban J connectivity index is 2.58. The second-order valence-corrected chi connectivity index (χ2v) is 4.41. The standard InChI is InChI=1S/C11H4Cl3FN2O/c12-7-2-1-5(3-8(7)15)11-16-9(13)6(4-18)10(14)17-11/h1-4H. The molecule has 0 saturated heterocycles. The number of rotatable bonds is 2. The molecule has 0 aliphatic rings. The molecular formula is C11H4Cl3FN2O. The maximum absolute atomic E-state index is 13.3. The van der Waals surface area contributed by atoms with E-state index in [2.05, 4.69) is 9.97 Å². The van der Waals surface area contributed by atoms with E-state index >= 15 is 0 Å². The number of hydrogen-bond donors (Lipinski definition) is 0. The lowest BCUT2D eigenvalue weighted by Gasteiger charge is -2.04. The highest BCUT2D eigenvalue weighted by Gasteiger charge is 2.13. The van der Waals surface area contributed by atoms with Crippen molar-refractivity contribution >= 4 is 41.1 Å². The zero-order valence-corrected chi connectivity index (χ0v) is 10.9. The van der Waals surface area contributed by atoms with Crippen molar-refractivity contribution in [1.29, 1.82) is 0 Å². The smallest absolute Gasteiger partial charge is 0.162 e. The van der Waals surface area contributed by atoms with Crippen molar-refractivity contribution in [2.24, 2.45) is 0 Å². The molecule has 92 valence electrons. The van der Waals surface area contributed by atoms with E-state index in [0.29, 0.717) is 11.8 Å². The lowest BCUT2D eigenvalue weighted by molar-refractivity contribution is 0.112. The van der Waals surface area contributed by atoms with E-state index < -0.39 is 5.82 Å². The largest absolute Gasteiger partial charge is 0.298 e. The highest BCUT2D eigenvalue weighted by atomic mass is 35.5. The van der Waals surface area contributed by atoms with Crippen LogP contribution in [0.15, 0.2) is 18.2 Å². The SMILES string of the molecule is O=Cc1c(Cl)nc(-c2ccc(Cl)c(F)c2)nc1Cl. The number of halogens is 4. The summed E-state index contributed by atoms with van der Waals surface area (Å²) in [6.45, 7) is 0. The van der Waals surface area contributed by atoms with Crippen LogP contribution < -0.4 is 0 Å². The predicted octanol–water partition coefficient (Wildman–Crippen LogP) is 4.06. The minimum absolute atomic E-state index is 0.00322. The monoisotopic (exact) mass is 304 g/mol. The average Bonchev–Trinajstić information content (AvgIpc) is 2.32. The molecule has 0 aliphatic heterocycles. The summed E-state index contributed by atoms with van der Waals surface area (Å²) in [6.07, 6.45) is 0.455. The van der Waals surface area contributed by atoms with Crippen LogP contribution >= 0.6 is 34.8 Å². The van der Waals surface area contributed by atoms with Crippen LogP contribution in [0.4, 0.5) is 4.39 Å². The molecule has 0 unspecified atom stereocenters. The van der Waals surface area contributed by atoms with Crippen molar-refractivity contribution in [2.75, 3.05) is 0 Å². The van der Waals surface area contributed by atoms with Gasteiger partial charge in [-0.1, -0.05) is 34.8 Å². The minimum Gasteiger partial charge on any atom is -0.298 e. The fourth-order valence-corrected chi connectivity index (χ4v) is 1.87. The topological polar surface area (TPSA) is 42.9 Å². The molecule has 0 aliphatic carbocycles. The Bertz CT molecular complexity index is 611. The van der Waals surface area contributed by atoms with Crippen LogP contribution in [-0.4, -0.2) is 16.3 Å². The van der Waals surface area contributed by atoms with Gasteiger partial charge < -0.3 is 0 Å². The van der Waals surface area contributed by atoms with Gasteiger partial charge in [-0.15, -0.1) is 0 Å². The Morgan fingerprint density at radius 1 is 1.11 bits per heavy atom. The van der Waals surface area contributed by atoms with Crippen LogP contribution in [-0.2, 0) is 0 Å². The minimum atomic E-state index is -0.607. The number of nitrogens with zero attached hydrogens (tertiary/aromatic N) is 2. The third-order valence-corrected chi connectivity index (χ3v) is 3.03. The summed E-state index contributed by atoms with van der Waals surface area (Å²) < 4.78 is 13.3. The molecule has 7 heteroatoms. The molecule has 0 radical (unpaired) electrons. The van der Waals surface area contributed by atoms with Gasteiger partial charge in [-0.25, -0.2) is 14.4 Å². The zero-order valence-electron chi connectivity index (χ0n) is 8.62. The number of carbonyl (C=O) groups excluding carboxylic acids is 1. The van der Waals surface area contributed by atoms with E-state index in [0.717, 1.165) is 6.07 Å². The Labute approximate surface area is 117 Å². The summed E-state index contributed by atoms with van der Waals surface area (Å²) in [5.41, 5.74) is 0.356. The molecule has 0 amide bonds. The first-order chi connectivity index (χ1) is 8.52. The predicted molar refractivity (Wildman–Crippen MR) is 67.8 cm³/mol. The second kappa shape index (κ2) is 5.18. The molecule has 0 atom stereocenters. The van der Waals surface area contributed by atoms with Crippen molar-refractivity contribution in [3.8, 4) is 11.4 Å². The molecule has 0 spiro atoms. The van der Waals surface area contributed by atoms with Crippen LogP contribution in [0.1, 0.15) is 10.4 Å². The van der Waals surface area contributed by atoms with Crippen molar-refractivity contribution in [2.45, 2.75) is 0 Å². The molecule has 0 fully saturated rings. The number of carbonyl (C=O) groups is 1. The molecule has 18 heavy (non-hydrogen) atoms. The molecule has 0 N–H and O–H groups in total. The summed E-state index contributed by atoms with van der Waals surface area (Å²) in [7, 11) is 0. The quantitative estimate of drug-likeness (QED) is 0.621. The summed E-state index contributed by atoms with van der Waals surface area (Å²) in [5.74, 6) is -0.490. The summed E-state index contributed by atoms with van der Waals surface area (Å²) in [5, 5.41) is -0.189. The fraction of sp³-hybridized carbons (Fsp3) is 0. The first-order valence-electron chi connectivity index (χ1n) is 4.66. The number of aldehydes is 1. The van der Waals surface area contributed by atoms with E-state index in [9.17, 15) is 9.18 Å². The van der Waals surface area contributed by atoms with Crippen LogP contribution in [0.25, 0.3) is 11.4 Å². The second-order valence-electron chi connectivity index (χ2n) is 3.29. The average molecular weight is 306 g/mol. The van der Waals surface area contributed by atoms with Gasteiger partial charge in [-0.3, -0.25) is 4.79 Å². The number of hydrogen-bond acceptors (Lipinski definition) is 3. The zero-order chi connectivity index (χ0) is 13.3. The lowest BCUT2D eigenvalue weighted by atomic mass is 10.2. The van der Waals surface area contributed by atoms with E-state index in [1.807, 2.05) is 0 Å². The summed E-state index contributed by atoms with van der Waals surface area (Å²) in [6, 6.07) is 4.05. The molecule has 2 rings (SSSR count). The van der Waals surface area contributed by atoms with Crippen LogP contribution in [0.5, 0.6) is 0 Å². The van der Waals surface area contributed by atoms with Crippen molar-refractivity contribution in [3.63, 3.8) is 0 Å². The third-order valence-electron chi connectivity index (χ3n) is 2.15. The van der Waals surface area contributed by atoms with Gasteiger partial charge in [0.2, 0.25) is 0 Å².